The van der Waals surface area contributed by atoms with E-state index in [1.807, 2.05) is 0 Å². The Morgan fingerprint density at radius 2 is 1.86 bits per heavy atom. The molecular weight excluding hydrogens is 235 g/mol. The van der Waals surface area contributed by atoms with Crippen molar-refractivity contribution in [3.8, 4) is 0 Å². The van der Waals surface area contributed by atoms with E-state index in [-0.39, 0.29) is 0 Å². The van der Waals surface area contributed by atoms with Gasteiger partial charge in [0.25, 0.3) is 0 Å². The number of carbonyl (C=O) groups is 2. The second-order valence-electron chi connectivity index (χ2n) is 1.90. The molecule has 0 aromatic carbocycles. The fourth-order valence-corrected chi connectivity index (χ4v) is 0.197. The summed E-state index contributed by atoms with van der Waals surface area (Å²) in [6.45, 7) is 3.93. The molecule has 0 saturated carbocycles. The van der Waals surface area contributed by atoms with Gasteiger partial charge in [-0.1, -0.05) is 0 Å². The molecule has 14 heavy (non-hydrogen) atoms. The van der Waals surface area contributed by atoms with E-state index in [1.165, 1.54) is 0 Å². The van der Waals surface area contributed by atoms with Crippen LogP contribution in [0.5, 0.6) is 0 Å². The molecule has 0 spiro atoms. The van der Waals surface area contributed by atoms with E-state index in [0.29, 0.717) is 0 Å². The van der Waals surface area contributed by atoms with Gasteiger partial charge in [-0.2, -0.15) is 0 Å². The van der Waals surface area contributed by atoms with Crippen molar-refractivity contribution >= 4 is 11.9 Å². The van der Waals surface area contributed by atoms with Gasteiger partial charge in [-0.15, -0.1) is 0 Å². The molecule has 0 saturated heterocycles. The number of hydrogen-bond donors (Lipinski definition) is 2. The molecule has 0 aromatic heterocycles. The summed E-state index contributed by atoms with van der Waals surface area (Å²) >= 11 is 1.06. The molecule has 0 radical (unpaired) electrons. The Morgan fingerprint density at radius 3 is 2.14 bits per heavy atom. The molecule has 0 amide bonds. The van der Waals surface area contributed by atoms with Crippen molar-refractivity contribution in [2.24, 2.45) is 0 Å². The van der Waals surface area contributed by atoms with Crippen LogP contribution in [0.25, 0.3) is 0 Å². The molecule has 0 bridgehead atoms. The second kappa shape index (κ2) is 8.70. The van der Waals surface area contributed by atoms with E-state index in [2.05, 4.69) is 16.7 Å². The number of carbonyl (C=O) groups excluding carboxylic acids is 2. The van der Waals surface area contributed by atoms with Crippen LogP contribution >= 0.6 is 0 Å². The van der Waals surface area contributed by atoms with Crippen LogP contribution in [-0.4, -0.2) is 28.3 Å². The molecule has 0 fully saturated rings. The van der Waals surface area contributed by atoms with E-state index in [9.17, 15) is 9.59 Å². The molecule has 1 atom stereocenters. The van der Waals surface area contributed by atoms with Crippen molar-refractivity contribution in [3.05, 3.63) is 13.0 Å². The van der Waals surface area contributed by atoms with Crippen LogP contribution in [0.15, 0.2) is 0 Å². The molecule has 7 nitrogen and oxygen atoms in total. The number of rotatable bonds is 2. The zero-order chi connectivity index (χ0) is 11.7. The Kier molecular flexibility index (Phi) is 9.68. The van der Waals surface area contributed by atoms with Crippen molar-refractivity contribution in [2.75, 3.05) is 0 Å². The third kappa shape index (κ3) is 7.75. The molecular formula is C6H8O7V. The summed E-state index contributed by atoms with van der Waals surface area (Å²) < 4.78 is 8.19. The summed E-state index contributed by atoms with van der Waals surface area (Å²) in [5, 5.41) is 16.9. The van der Waals surface area contributed by atoms with Crippen LogP contribution in [0.3, 0.4) is 0 Å². The standard InChI is InChI=1S/C6H8O6.O.V/c1-3(7)5(9)11-12-6(10)4(2)8;;/h4,7-8H,1H2,2H3;;/q-2;;+2. The Morgan fingerprint density at radius 1 is 1.43 bits per heavy atom. The zero-order valence-electron chi connectivity index (χ0n) is 7.17. The molecule has 79 valence electrons. The first kappa shape index (κ1) is 15.6. The first-order chi connectivity index (χ1) is 6.45. The van der Waals surface area contributed by atoms with E-state index >= 15 is 0 Å². The summed E-state index contributed by atoms with van der Waals surface area (Å²) in [4.78, 5) is 28.2. The number of aliphatic hydroxyl groups excluding tert-OH is 2. The first-order valence-electron chi connectivity index (χ1n) is 3.12. The van der Waals surface area contributed by atoms with Gasteiger partial charge in [-0.25, -0.2) is 9.68 Å². The third-order valence-corrected chi connectivity index (χ3v) is 0.776. The van der Waals surface area contributed by atoms with Crippen molar-refractivity contribution in [3.63, 3.8) is 0 Å². The molecule has 0 aliphatic heterocycles. The maximum absolute atomic E-state index is 10.4. The van der Waals surface area contributed by atoms with Gasteiger partial charge in [0.2, 0.25) is 5.97 Å². The topological polar surface area (TPSA) is 110 Å². The summed E-state index contributed by atoms with van der Waals surface area (Å²) in [5.41, 5.74) is 0. The van der Waals surface area contributed by atoms with Gasteiger partial charge in [0.05, 0.1) is 0 Å². The third-order valence-electron chi connectivity index (χ3n) is 0.776. The Labute approximate surface area is 89.1 Å². The van der Waals surface area contributed by atoms with E-state index in [0.717, 1.165) is 24.3 Å². The normalized spacial score (nSPS) is 10.4. The zero-order valence-corrected chi connectivity index (χ0v) is 8.56. The van der Waals surface area contributed by atoms with E-state index in [1.54, 1.807) is 0 Å². The van der Waals surface area contributed by atoms with Crippen molar-refractivity contribution in [1.29, 1.82) is 0 Å². The predicted octanol–water partition coefficient (Wildman–Crippen LogP) is -1.01. The van der Waals surface area contributed by atoms with Crippen LogP contribution in [0, 0.1) is 13.0 Å². The van der Waals surface area contributed by atoms with Crippen LogP contribution in [0.1, 0.15) is 6.92 Å². The van der Waals surface area contributed by atoms with Gasteiger partial charge in [0.1, 0.15) is 0 Å². The SMILES string of the molecule is [CH2-][C-](O)C(=O)OOC(=O)C(C)O.[O]=[V+2]. The molecule has 0 aromatic rings. The Hall–Kier alpha value is -0.886. The fraction of sp³-hybridized carbons (Fsp3) is 0.333. The minimum absolute atomic E-state index is 0.895. The Bertz CT molecular complexity index is 171. The van der Waals surface area contributed by atoms with Gasteiger partial charge in [-0.05, 0) is 6.92 Å². The summed E-state index contributed by atoms with van der Waals surface area (Å²) in [5.74, 6) is -2.42. The van der Waals surface area contributed by atoms with Crippen LogP contribution in [-0.2, 0) is 40.4 Å². The molecule has 2 N–H and O–H groups in total. The van der Waals surface area contributed by atoms with E-state index < -0.39 is 24.1 Å². The van der Waals surface area contributed by atoms with Crippen LogP contribution in [0.4, 0.5) is 0 Å². The molecule has 0 aliphatic rings. The average Bonchev–Trinajstić information content (AvgIpc) is 2.16. The second-order valence-corrected chi connectivity index (χ2v) is 1.90. The van der Waals surface area contributed by atoms with Gasteiger partial charge in [0.15, 0.2) is 6.10 Å². The molecule has 0 heterocycles. The van der Waals surface area contributed by atoms with Crippen molar-refractivity contribution in [2.45, 2.75) is 13.0 Å². The van der Waals surface area contributed by atoms with E-state index in [4.69, 9.17) is 13.9 Å². The summed E-state index contributed by atoms with van der Waals surface area (Å²) in [6, 6.07) is 0. The van der Waals surface area contributed by atoms with Crippen molar-refractivity contribution < 1.29 is 50.6 Å². The monoisotopic (exact) mass is 243 g/mol. The quantitative estimate of drug-likeness (QED) is 0.363. The summed E-state index contributed by atoms with van der Waals surface area (Å²) in [6.07, 6.45) is -2.29. The van der Waals surface area contributed by atoms with Crippen LogP contribution < -0.4 is 0 Å². The molecule has 0 aliphatic carbocycles. The molecule has 0 rings (SSSR count). The minimum atomic E-state index is -1.40. The number of aliphatic hydroxyl groups is 2. The number of hydrogen-bond acceptors (Lipinski definition) is 7. The van der Waals surface area contributed by atoms with Gasteiger partial charge < -0.3 is 23.2 Å². The van der Waals surface area contributed by atoms with Gasteiger partial charge in [-0.3, -0.25) is 9.68 Å². The first-order valence-corrected chi connectivity index (χ1v) is 3.69. The van der Waals surface area contributed by atoms with Gasteiger partial charge in [0, 0.05) is 0 Å². The predicted molar refractivity (Wildman–Crippen MR) is 35.1 cm³/mol. The average molecular weight is 243 g/mol. The van der Waals surface area contributed by atoms with Crippen molar-refractivity contribution in [1.82, 2.24) is 0 Å². The fourth-order valence-electron chi connectivity index (χ4n) is 0.197. The molecule has 1 unspecified atom stereocenters. The Balaban J connectivity index is 0. The van der Waals surface area contributed by atoms with Crippen LogP contribution in [0.2, 0.25) is 0 Å². The molecule has 8 heteroatoms. The maximum atomic E-state index is 10.4. The van der Waals surface area contributed by atoms with Gasteiger partial charge >= 0.3 is 27.0 Å². The summed E-state index contributed by atoms with van der Waals surface area (Å²) in [7, 11) is 0.